The molecule has 0 spiro atoms. The van der Waals surface area contributed by atoms with E-state index in [1.165, 1.54) is 11.9 Å². The quantitative estimate of drug-likeness (QED) is 0.644. The highest BCUT2D eigenvalue weighted by Gasteiger charge is 2.17. The molecule has 1 atom stereocenters. The lowest BCUT2D eigenvalue weighted by atomic mass is 10.1. The molecular formula is C15H17ClN2O3. The van der Waals surface area contributed by atoms with E-state index >= 15 is 0 Å². The molecule has 1 rings (SSSR count). The molecule has 112 valence electrons. The van der Waals surface area contributed by atoms with Crippen molar-refractivity contribution in [1.29, 1.82) is 0 Å². The Morgan fingerprint density at radius 1 is 1.43 bits per heavy atom. The molecule has 1 aromatic carbocycles. The number of benzene rings is 1. The minimum Gasteiger partial charge on any atom is -0.447 e. The highest BCUT2D eigenvalue weighted by Crippen LogP contribution is 2.13. The minimum atomic E-state index is -0.547. The number of carbonyl (C=O) groups is 2. The molecule has 0 unspecified atom stereocenters. The van der Waals surface area contributed by atoms with Crippen LogP contribution in [0.1, 0.15) is 11.6 Å². The summed E-state index contributed by atoms with van der Waals surface area (Å²) in [6, 6.07) is 8.73. The van der Waals surface area contributed by atoms with E-state index in [0.29, 0.717) is 0 Å². The Balaban J connectivity index is 2.68. The van der Waals surface area contributed by atoms with Crippen LogP contribution in [0, 0.1) is 12.3 Å². The number of hydrogen-bond acceptors (Lipinski definition) is 3. The van der Waals surface area contributed by atoms with Gasteiger partial charge in [0.25, 0.3) is 0 Å². The Bertz CT molecular complexity index is 513. The highest BCUT2D eigenvalue weighted by atomic mass is 35.5. The van der Waals surface area contributed by atoms with Gasteiger partial charge in [-0.25, -0.2) is 4.79 Å². The average Bonchev–Trinajstić information content (AvgIpc) is 2.51. The van der Waals surface area contributed by atoms with E-state index in [-0.39, 0.29) is 24.9 Å². The summed E-state index contributed by atoms with van der Waals surface area (Å²) in [5.41, 5.74) is 0.823. The molecule has 0 saturated heterocycles. The zero-order chi connectivity index (χ0) is 15.7. The second-order valence-corrected chi connectivity index (χ2v) is 4.57. The Kier molecular flexibility index (Phi) is 7.13. The summed E-state index contributed by atoms with van der Waals surface area (Å²) in [6.07, 6.45) is 4.58. The predicted octanol–water partition coefficient (Wildman–Crippen LogP) is 1.78. The summed E-state index contributed by atoms with van der Waals surface area (Å²) in [4.78, 5) is 24.4. The molecule has 1 aromatic rings. The van der Waals surface area contributed by atoms with Crippen LogP contribution in [0.5, 0.6) is 0 Å². The number of amides is 2. The summed E-state index contributed by atoms with van der Waals surface area (Å²) in [6.45, 7) is 0.156. The van der Waals surface area contributed by atoms with E-state index in [2.05, 4.69) is 11.2 Å². The predicted molar refractivity (Wildman–Crippen MR) is 80.9 cm³/mol. The molecule has 0 aliphatic rings. The van der Waals surface area contributed by atoms with Crippen LogP contribution >= 0.6 is 11.6 Å². The number of hydrogen-bond donors (Lipinski definition) is 1. The number of alkyl halides is 1. The second-order valence-electron chi connectivity index (χ2n) is 4.30. The van der Waals surface area contributed by atoms with Gasteiger partial charge in [0, 0.05) is 7.05 Å². The van der Waals surface area contributed by atoms with Gasteiger partial charge in [0.1, 0.15) is 12.5 Å². The Hall–Kier alpha value is -2.19. The number of carbonyl (C=O) groups excluding carboxylic acids is 2. The Morgan fingerprint density at radius 2 is 2.10 bits per heavy atom. The number of halogens is 1. The monoisotopic (exact) mass is 308 g/mol. The van der Waals surface area contributed by atoms with Crippen LogP contribution in [-0.2, 0) is 9.53 Å². The number of terminal acetylenes is 1. The van der Waals surface area contributed by atoms with Gasteiger partial charge in [-0.3, -0.25) is 4.79 Å². The fourth-order valence-electron chi connectivity index (χ4n) is 1.61. The van der Waals surface area contributed by atoms with Crippen LogP contribution in [0.3, 0.4) is 0 Å². The van der Waals surface area contributed by atoms with Gasteiger partial charge in [-0.15, -0.1) is 18.0 Å². The third kappa shape index (κ3) is 5.76. The standard InChI is InChI=1S/C15H17ClN2O3/c1-3-9-18(2)15(20)21-11-13(17-14(19)10-16)12-7-5-4-6-8-12/h1,4-8,13H,9-11H2,2H3,(H,17,19)/t13-/m1/s1. The summed E-state index contributed by atoms with van der Waals surface area (Å²) >= 11 is 5.49. The first kappa shape index (κ1) is 16.9. The maximum absolute atomic E-state index is 11.7. The van der Waals surface area contributed by atoms with E-state index in [0.717, 1.165) is 5.56 Å². The maximum atomic E-state index is 11.7. The maximum Gasteiger partial charge on any atom is 0.410 e. The summed E-state index contributed by atoms with van der Waals surface area (Å²) in [5.74, 6) is 1.85. The van der Waals surface area contributed by atoms with E-state index < -0.39 is 12.1 Å². The molecule has 0 radical (unpaired) electrons. The van der Waals surface area contributed by atoms with E-state index in [1.807, 2.05) is 30.3 Å². The van der Waals surface area contributed by atoms with Crippen molar-refractivity contribution in [2.45, 2.75) is 6.04 Å². The molecule has 0 fully saturated rings. The third-order valence-electron chi connectivity index (χ3n) is 2.67. The molecule has 5 nitrogen and oxygen atoms in total. The number of nitrogens with one attached hydrogen (secondary N) is 1. The van der Waals surface area contributed by atoms with Gasteiger partial charge in [0.05, 0.1) is 12.6 Å². The van der Waals surface area contributed by atoms with Crippen molar-refractivity contribution in [2.75, 3.05) is 26.1 Å². The van der Waals surface area contributed by atoms with Crippen molar-refractivity contribution < 1.29 is 14.3 Å². The lowest BCUT2D eigenvalue weighted by Gasteiger charge is -2.20. The fraction of sp³-hybridized carbons (Fsp3) is 0.333. The number of rotatable bonds is 6. The smallest absolute Gasteiger partial charge is 0.410 e. The summed E-state index contributed by atoms with van der Waals surface area (Å²) in [5, 5.41) is 2.70. The topological polar surface area (TPSA) is 58.6 Å². The van der Waals surface area contributed by atoms with E-state index in [1.54, 1.807) is 0 Å². The van der Waals surface area contributed by atoms with Crippen LogP contribution in [0.2, 0.25) is 0 Å². The molecule has 0 bridgehead atoms. The molecule has 0 heterocycles. The number of nitrogens with zero attached hydrogens (tertiary/aromatic N) is 1. The minimum absolute atomic E-state index is 0.000384. The molecular weight excluding hydrogens is 292 g/mol. The fourth-order valence-corrected chi connectivity index (χ4v) is 1.68. The molecule has 0 aliphatic carbocycles. The van der Waals surface area contributed by atoms with Crippen molar-refractivity contribution in [3.05, 3.63) is 35.9 Å². The van der Waals surface area contributed by atoms with Crippen LogP contribution in [0.15, 0.2) is 30.3 Å². The first-order valence-corrected chi connectivity index (χ1v) is 6.83. The van der Waals surface area contributed by atoms with Gasteiger partial charge < -0.3 is 15.0 Å². The summed E-state index contributed by atoms with van der Waals surface area (Å²) < 4.78 is 5.15. The molecule has 1 N–H and O–H groups in total. The van der Waals surface area contributed by atoms with Gasteiger partial charge in [-0.2, -0.15) is 0 Å². The molecule has 2 amide bonds. The lowest BCUT2D eigenvalue weighted by molar-refractivity contribution is -0.119. The Morgan fingerprint density at radius 3 is 2.67 bits per heavy atom. The first-order chi connectivity index (χ1) is 10.1. The third-order valence-corrected chi connectivity index (χ3v) is 2.91. The van der Waals surface area contributed by atoms with Crippen LogP contribution in [0.25, 0.3) is 0 Å². The highest BCUT2D eigenvalue weighted by molar-refractivity contribution is 6.27. The average molecular weight is 309 g/mol. The van der Waals surface area contributed by atoms with Crippen molar-refractivity contribution in [3.8, 4) is 12.3 Å². The Labute approximate surface area is 129 Å². The summed E-state index contributed by atoms with van der Waals surface area (Å²) in [7, 11) is 1.54. The van der Waals surface area contributed by atoms with Crippen LogP contribution in [0.4, 0.5) is 4.79 Å². The van der Waals surface area contributed by atoms with Gasteiger partial charge >= 0.3 is 6.09 Å². The second kappa shape index (κ2) is 8.88. The van der Waals surface area contributed by atoms with Crippen molar-refractivity contribution in [2.24, 2.45) is 0 Å². The van der Waals surface area contributed by atoms with Crippen molar-refractivity contribution in [1.82, 2.24) is 10.2 Å². The zero-order valence-electron chi connectivity index (χ0n) is 11.7. The SMILES string of the molecule is C#CCN(C)C(=O)OC[C@@H](NC(=O)CCl)c1ccccc1. The van der Waals surface area contributed by atoms with E-state index in [4.69, 9.17) is 22.8 Å². The van der Waals surface area contributed by atoms with Crippen LogP contribution in [-0.4, -0.2) is 43.0 Å². The first-order valence-electron chi connectivity index (χ1n) is 6.30. The van der Waals surface area contributed by atoms with Gasteiger partial charge in [-0.05, 0) is 5.56 Å². The molecule has 0 aromatic heterocycles. The van der Waals surface area contributed by atoms with E-state index in [9.17, 15) is 9.59 Å². The molecule has 6 heteroatoms. The number of ether oxygens (including phenoxy) is 1. The van der Waals surface area contributed by atoms with Gasteiger partial charge in [-0.1, -0.05) is 36.3 Å². The molecule has 0 saturated carbocycles. The molecule has 21 heavy (non-hydrogen) atoms. The lowest BCUT2D eigenvalue weighted by Crippen LogP contribution is -2.35. The largest absolute Gasteiger partial charge is 0.447 e. The van der Waals surface area contributed by atoms with Crippen LogP contribution < -0.4 is 5.32 Å². The molecule has 0 aliphatic heterocycles. The van der Waals surface area contributed by atoms with Crippen molar-refractivity contribution >= 4 is 23.6 Å². The van der Waals surface area contributed by atoms with Gasteiger partial charge in [0.15, 0.2) is 0 Å². The zero-order valence-corrected chi connectivity index (χ0v) is 12.5. The van der Waals surface area contributed by atoms with Gasteiger partial charge in [0.2, 0.25) is 5.91 Å². The van der Waals surface area contributed by atoms with Crippen molar-refractivity contribution in [3.63, 3.8) is 0 Å². The normalized spacial score (nSPS) is 11.1.